The average Bonchev–Trinajstić information content (AvgIpc) is 2.88. The summed E-state index contributed by atoms with van der Waals surface area (Å²) in [7, 11) is 0. The summed E-state index contributed by atoms with van der Waals surface area (Å²) in [5.41, 5.74) is 5.50. The summed E-state index contributed by atoms with van der Waals surface area (Å²) in [6, 6.07) is 0. The second kappa shape index (κ2) is 7.65. The number of amidine groups is 1. The fourth-order valence-electron chi connectivity index (χ4n) is 1.56. The van der Waals surface area contributed by atoms with Crippen LogP contribution in [0.25, 0.3) is 0 Å². The van der Waals surface area contributed by atoms with Crippen molar-refractivity contribution in [3.05, 3.63) is 16.6 Å². The van der Waals surface area contributed by atoms with Gasteiger partial charge in [0.2, 0.25) is 5.91 Å². The summed E-state index contributed by atoms with van der Waals surface area (Å²) in [6.45, 7) is 2.45. The lowest BCUT2D eigenvalue weighted by molar-refractivity contribution is -0.123. The Morgan fingerprint density at radius 2 is 2.50 bits per heavy atom. The van der Waals surface area contributed by atoms with E-state index in [0.717, 1.165) is 11.4 Å². The molecule has 1 amide bonds. The molecule has 0 aliphatic rings. The Morgan fingerprint density at radius 1 is 1.72 bits per heavy atom. The molecule has 1 atom stereocenters. The number of oxime groups is 1. The average molecular weight is 270 g/mol. The zero-order chi connectivity index (χ0) is 13.4. The van der Waals surface area contributed by atoms with Crippen LogP contribution in [0.3, 0.4) is 0 Å². The Kier molecular flexibility index (Phi) is 6.13. The van der Waals surface area contributed by atoms with E-state index in [1.54, 1.807) is 17.5 Å². The van der Waals surface area contributed by atoms with Gasteiger partial charge in [-0.3, -0.25) is 4.79 Å². The van der Waals surface area contributed by atoms with Gasteiger partial charge in [0, 0.05) is 24.5 Å². The van der Waals surface area contributed by atoms with Crippen molar-refractivity contribution in [2.45, 2.75) is 26.2 Å². The molecule has 1 aromatic heterocycles. The lowest BCUT2D eigenvalue weighted by Crippen LogP contribution is -2.39. The van der Waals surface area contributed by atoms with Gasteiger partial charge >= 0.3 is 0 Å². The minimum Gasteiger partial charge on any atom is -0.409 e. The second-order valence-corrected chi connectivity index (χ2v) is 4.81. The summed E-state index contributed by atoms with van der Waals surface area (Å²) >= 11 is 1.55. The third-order valence-electron chi connectivity index (χ3n) is 2.49. The van der Waals surface area contributed by atoms with Crippen molar-refractivity contribution < 1.29 is 10.0 Å². The molecule has 1 aromatic rings. The van der Waals surface area contributed by atoms with Crippen LogP contribution in [0.2, 0.25) is 0 Å². The zero-order valence-electron chi connectivity index (χ0n) is 10.3. The first kappa shape index (κ1) is 14.4. The fraction of sp³-hybridized carbons (Fsp3) is 0.545. The predicted molar refractivity (Wildman–Crippen MR) is 70.6 cm³/mol. The molecular formula is C11H18N4O2S. The van der Waals surface area contributed by atoms with Crippen LogP contribution in [0.5, 0.6) is 0 Å². The summed E-state index contributed by atoms with van der Waals surface area (Å²) in [5.74, 6) is -0.802. The number of carbonyl (C=O) groups is 1. The highest BCUT2D eigenvalue weighted by Crippen LogP contribution is 2.07. The van der Waals surface area contributed by atoms with Crippen LogP contribution >= 0.6 is 11.3 Å². The largest absolute Gasteiger partial charge is 0.409 e. The minimum atomic E-state index is -0.559. The molecule has 0 aliphatic carbocycles. The Labute approximate surface area is 110 Å². The Balaban J connectivity index is 2.41. The highest BCUT2D eigenvalue weighted by atomic mass is 32.1. The molecule has 1 heterocycles. The Morgan fingerprint density at radius 3 is 3.06 bits per heavy atom. The minimum absolute atomic E-state index is 0.0383. The van der Waals surface area contributed by atoms with Crippen LogP contribution < -0.4 is 11.1 Å². The molecule has 0 spiro atoms. The molecule has 1 unspecified atom stereocenters. The maximum Gasteiger partial charge on any atom is 0.230 e. The topological polar surface area (TPSA) is 101 Å². The SMILES string of the molecule is CCCC(C(=O)NCCc1nccs1)/C(N)=N/O. The monoisotopic (exact) mass is 270 g/mol. The van der Waals surface area contributed by atoms with Crippen LogP contribution in [-0.2, 0) is 11.2 Å². The van der Waals surface area contributed by atoms with E-state index in [2.05, 4.69) is 15.5 Å². The molecule has 18 heavy (non-hydrogen) atoms. The van der Waals surface area contributed by atoms with Crippen molar-refractivity contribution >= 4 is 23.1 Å². The summed E-state index contributed by atoms with van der Waals surface area (Å²) in [4.78, 5) is 16.0. The number of rotatable bonds is 7. The molecule has 7 heteroatoms. The number of hydrogen-bond donors (Lipinski definition) is 3. The van der Waals surface area contributed by atoms with Gasteiger partial charge in [-0.2, -0.15) is 0 Å². The molecule has 0 aliphatic heterocycles. The van der Waals surface area contributed by atoms with Gasteiger partial charge < -0.3 is 16.3 Å². The molecule has 0 radical (unpaired) electrons. The van der Waals surface area contributed by atoms with Crippen molar-refractivity contribution in [3.8, 4) is 0 Å². The van der Waals surface area contributed by atoms with Gasteiger partial charge in [0.15, 0.2) is 5.84 Å². The third kappa shape index (κ3) is 4.33. The first-order valence-electron chi connectivity index (χ1n) is 5.82. The first-order valence-corrected chi connectivity index (χ1v) is 6.70. The summed E-state index contributed by atoms with van der Waals surface area (Å²) in [5, 5.41) is 17.2. The number of nitrogens with one attached hydrogen (secondary N) is 1. The maximum absolute atomic E-state index is 11.9. The molecule has 100 valence electrons. The molecule has 6 nitrogen and oxygen atoms in total. The van der Waals surface area contributed by atoms with Crippen molar-refractivity contribution in [2.24, 2.45) is 16.8 Å². The van der Waals surface area contributed by atoms with E-state index in [9.17, 15) is 4.79 Å². The predicted octanol–water partition coefficient (Wildman–Crippen LogP) is 0.964. The second-order valence-electron chi connectivity index (χ2n) is 3.83. The lowest BCUT2D eigenvalue weighted by atomic mass is 10.0. The molecule has 1 rings (SSSR count). The maximum atomic E-state index is 11.9. The molecular weight excluding hydrogens is 252 g/mol. The fourth-order valence-corrected chi connectivity index (χ4v) is 2.18. The number of amides is 1. The van der Waals surface area contributed by atoms with Gasteiger partial charge in [-0.1, -0.05) is 18.5 Å². The van der Waals surface area contributed by atoms with Gasteiger partial charge in [0.05, 0.1) is 10.9 Å². The van der Waals surface area contributed by atoms with E-state index in [4.69, 9.17) is 10.9 Å². The first-order chi connectivity index (χ1) is 8.69. The molecule has 0 saturated heterocycles. The normalized spacial score (nSPS) is 13.3. The highest BCUT2D eigenvalue weighted by molar-refractivity contribution is 7.09. The Hall–Kier alpha value is -1.63. The van der Waals surface area contributed by atoms with Crippen molar-refractivity contribution in [1.82, 2.24) is 10.3 Å². The van der Waals surface area contributed by atoms with Crippen molar-refractivity contribution in [2.75, 3.05) is 6.54 Å². The Bertz CT molecular complexity index is 392. The molecule has 4 N–H and O–H groups in total. The smallest absolute Gasteiger partial charge is 0.230 e. The molecule has 0 fully saturated rings. The summed E-state index contributed by atoms with van der Waals surface area (Å²) < 4.78 is 0. The lowest BCUT2D eigenvalue weighted by Gasteiger charge is -2.14. The number of nitrogens with zero attached hydrogens (tertiary/aromatic N) is 2. The van der Waals surface area contributed by atoms with Crippen LogP contribution in [0, 0.1) is 5.92 Å². The third-order valence-corrected chi connectivity index (χ3v) is 3.33. The zero-order valence-corrected chi connectivity index (χ0v) is 11.1. The standard InChI is InChI=1S/C11H18N4O2S/c1-2-3-8(10(12)15-17)11(16)14-5-4-9-13-6-7-18-9/h6-8,17H,2-5H2,1H3,(H2,12,15)(H,14,16). The number of aromatic nitrogens is 1. The van der Waals surface area contributed by atoms with E-state index in [1.807, 2.05) is 12.3 Å². The number of hydrogen-bond acceptors (Lipinski definition) is 5. The van der Waals surface area contributed by atoms with Gasteiger partial charge in [-0.05, 0) is 6.42 Å². The van der Waals surface area contributed by atoms with E-state index >= 15 is 0 Å². The molecule has 0 bridgehead atoms. The van der Waals surface area contributed by atoms with E-state index in [0.29, 0.717) is 19.4 Å². The van der Waals surface area contributed by atoms with Gasteiger partial charge in [0.1, 0.15) is 0 Å². The van der Waals surface area contributed by atoms with Crippen molar-refractivity contribution in [3.63, 3.8) is 0 Å². The van der Waals surface area contributed by atoms with E-state index < -0.39 is 5.92 Å². The van der Waals surface area contributed by atoms with Gasteiger partial charge in [-0.15, -0.1) is 11.3 Å². The van der Waals surface area contributed by atoms with Crippen LogP contribution in [-0.4, -0.2) is 28.5 Å². The van der Waals surface area contributed by atoms with Crippen LogP contribution in [0.1, 0.15) is 24.8 Å². The van der Waals surface area contributed by atoms with E-state index in [1.165, 1.54) is 0 Å². The number of carbonyl (C=O) groups excluding carboxylic acids is 1. The number of thiazole rings is 1. The highest BCUT2D eigenvalue weighted by Gasteiger charge is 2.21. The molecule has 0 aromatic carbocycles. The van der Waals surface area contributed by atoms with Crippen LogP contribution in [0.15, 0.2) is 16.7 Å². The van der Waals surface area contributed by atoms with Gasteiger partial charge in [-0.25, -0.2) is 4.98 Å². The quantitative estimate of drug-likeness (QED) is 0.297. The summed E-state index contributed by atoms with van der Waals surface area (Å²) in [6.07, 6.45) is 3.79. The van der Waals surface area contributed by atoms with Crippen LogP contribution in [0.4, 0.5) is 0 Å². The van der Waals surface area contributed by atoms with E-state index in [-0.39, 0.29) is 11.7 Å². The number of nitrogens with two attached hydrogens (primary N) is 1. The van der Waals surface area contributed by atoms with Gasteiger partial charge in [0.25, 0.3) is 0 Å². The van der Waals surface area contributed by atoms with Crippen molar-refractivity contribution in [1.29, 1.82) is 0 Å². The molecule has 0 saturated carbocycles.